The van der Waals surface area contributed by atoms with Crippen LogP contribution in [0.2, 0.25) is 0 Å². The van der Waals surface area contributed by atoms with E-state index in [1.54, 1.807) is 19.1 Å². The molecule has 0 aliphatic rings. The molecule has 102 valence electrons. The lowest BCUT2D eigenvalue weighted by molar-refractivity contribution is 0.289. The number of anilines is 1. The molecule has 0 radical (unpaired) electrons. The van der Waals surface area contributed by atoms with Crippen molar-refractivity contribution in [2.24, 2.45) is 0 Å². The number of sulfone groups is 1. The third-order valence-electron chi connectivity index (χ3n) is 2.89. The van der Waals surface area contributed by atoms with Gasteiger partial charge in [-0.15, -0.1) is 0 Å². The van der Waals surface area contributed by atoms with Gasteiger partial charge < -0.3 is 10.0 Å². The van der Waals surface area contributed by atoms with E-state index in [2.05, 4.69) is 0 Å². The lowest BCUT2D eigenvalue weighted by atomic mass is 10.2. The summed E-state index contributed by atoms with van der Waals surface area (Å²) in [6.45, 7) is 5.11. The highest BCUT2D eigenvalue weighted by molar-refractivity contribution is 7.91. The molecule has 0 amide bonds. The Morgan fingerprint density at radius 3 is 2.44 bits per heavy atom. The zero-order valence-electron chi connectivity index (χ0n) is 11.0. The zero-order valence-corrected chi connectivity index (χ0v) is 11.8. The molecule has 0 heterocycles. The topological polar surface area (TPSA) is 57.6 Å². The Morgan fingerprint density at radius 1 is 1.22 bits per heavy atom. The van der Waals surface area contributed by atoms with Crippen molar-refractivity contribution in [2.75, 3.05) is 30.3 Å². The molecule has 0 aliphatic heterocycles. The quantitative estimate of drug-likeness (QED) is 0.820. The maximum atomic E-state index is 12.0. The van der Waals surface area contributed by atoms with Gasteiger partial charge in [0.1, 0.15) is 0 Å². The van der Waals surface area contributed by atoms with Gasteiger partial charge in [0.2, 0.25) is 0 Å². The fourth-order valence-corrected chi connectivity index (χ4v) is 2.96. The summed E-state index contributed by atoms with van der Waals surface area (Å²) >= 11 is 0. The summed E-state index contributed by atoms with van der Waals surface area (Å²) in [6.07, 6.45) is 0.633. The number of para-hydroxylation sites is 1. The first-order valence-electron chi connectivity index (χ1n) is 6.24. The molecule has 1 N–H and O–H groups in total. The Kier molecular flexibility index (Phi) is 5.62. The molecule has 0 atom stereocenters. The van der Waals surface area contributed by atoms with Crippen molar-refractivity contribution in [2.45, 2.75) is 25.2 Å². The van der Waals surface area contributed by atoms with E-state index in [9.17, 15) is 8.42 Å². The first-order chi connectivity index (χ1) is 8.56. The molecule has 0 aliphatic carbocycles. The van der Waals surface area contributed by atoms with Gasteiger partial charge in [-0.25, -0.2) is 8.42 Å². The van der Waals surface area contributed by atoms with Gasteiger partial charge in [-0.05, 0) is 25.5 Å². The number of aliphatic hydroxyl groups excluding tert-OH is 1. The molecular formula is C13H21NO3S. The van der Waals surface area contributed by atoms with Crippen molar-refractivity contribution < 1.29 is 13.5 Å². The molecule has 1 aromatic rings. The number of benzene rings is 1. The third-order valence-corrected chi connectivity index (χ3v) is 4.66. The van der Waals surface area contributed by atoms with E-state index >= 15 is 0 Å². The maximum absolute atomic E-state index is 12.0. The maximum Gasteiger partial charge on any atom is 0.180 e. The fraction of sp³-hybridized carbons (Fsp3) is 0.538. The second kappa shape index (κ2) is 6.75. The Labute approximate surface area is 109 Å². The summed E-state index contributed by atoms with van der Waals surface area (Å²) in [6, 6.07) is 7.05. The van der Waals surface area contributed by atoms with Crippen LogP contribution in [0, 0.1) is 0 Å². The second-order valence-corrected chi connectivity index (χ2v) is 6.27. The minimum atomic E-state index is -3.21. The SMILES string of the molecule is CCN(CCCO)c1ccccc1S(=O)(=O)CC. The summed E-state index contributed by atoms with van der Waals surface area (Å²) in [5.41, 5.74) is 0.732. The lowest BCUT2D eigenvalue weighted by Crippen LogP contribution is -2.26. The number of nitrogens with zero attached hydrogens (tertiary/aromatic N) is 1. The van der Waals surface area contributed by atoms with Crippen LogP contribution in [0.15, 0.2) is 29.2 Å². The molecule has 0 spiro atoms. The molecule has 0 bridgehead atoms. The first-order valence-corrected chi connectivity index (χ1v) is 7.89. The van der Waals surface area contributed by atoms with Gasteiger partial charge >= 0.3 is 0 Å². The van der Waals surface area contributed by atoms with E-state index in [4.69, 9.17) is 5.11 Å². The van der Waals surface area contributed by atoms with Crippen molar-refractivity contribution in [3.8, 4) is 0 Å². The van der Waals surface area contributed by atoms with E-state index in [1.807, 2.05) is 24.0 Å². The average Bonchev–Trinajstić information content (AvgIpc) is 2.40. The van der Waals surface area contributed by atoms with Crippen molar-refractivity contribution in [1.82, 2.24) is 0 Å². The van der Waals surface area contributed by atoms with Gasteiger partial charge in [0, 0.05) is 19.7 Å². The van der Waals surface area contributed by atoms with Gasteiger partial charge in [-0.1, -0.05) is 19.1 Å². The Balaban J connectivity index is 3.15. The van der Waals surface area contributed by atoms with Crippen molar-refractivity contribution >= 4 is 15.5 Å². The molecular weight excluding hydrogens is 250 g/mol. The summed E-state index contributed by atoms with van der Waals surface area (Å²) < 4.78 is 24.1. The van der Waals surface area contributed by atoms with Crippen LogP contribution in [0.25, 0.3) is 0 Å². The highest BCUT2D eigenvalue weighted by Gasteiger charge is 2.18. The summed E-state index contributed by atoms with van der Waals surface area (Å²) in [5.74, 6) is 0.0988. The van der Waals surface area contributed by atoms with Gasteiger partial charge in [0.25, 0.3) is 0 Å². The predicted octanol–water partition coefficient (Wildman–Crippen LogP) is 1.69. The molecule has 0 aromatic heterocycles. The van der Waals surface area contributed by atoms with Crippen LogP contribution in [-0.2, 0) is 9.84 Å². The molecule has 0 saturated carbocycles. The minimum absolute atomic E-state index is 0.0988. The Morgan fingerprint density at radius 2 is 1.89 bits per heavy atom. The Hall–Kier alpha value is -1.07. The summed E-state index contributed by atoms with van der Waals surface area (Å²) in [4.78, 5) is 2.37. The average molecular weight is 271 g/mol. The zero-order chi connectivity index (χ0) is 13.6. The largest absolute Gasteiger partial charge is 0.396 e. The standard InChI is InChI=1S/C13H21NO3S/c1-3-14(10-7-11-15)12-8-5-6-9-13(12)18(16,17)4-2/h5-6,8-9,15H,3-4,7,10-11H2,1-2H3. The van der Waals surface area contributed by atoms with E-state index in [0.717, 1.165) is 12.2 Å². The van der Waals surface area contributed by atoms with Crippen LogP contribution >= 0.6 is 0 Å². The molecule has 5 heteroatoms. The van der Waals surface area contributed by atoms with Crippen LogP contribution in [0.5, 0.6) is 0 Å². The van der Waals surface area contributed by atoms with Gasteiger partial charge in [0.15, 0.2) is 9.84 Å². The highest BCUT2D eigenvalue weighted by Crippen LogP contribution is 2.25. The van der Waals surface area contributed by atoms with E-state index in [-0.39, 0.29) is 12.4 Å². The fourth-order valence-electron chi connectivity index (χ4n) is 1.85. The molecule has 1 rings (SSSR count). The number of aliphatic hydroxyl groups is 1. The third kappa shape index (κ3) is 3.46. The number of hydrogen-bond acceptors (Lipinski definition) is 4. The number of hydrogen-bond donors (Lipinski definition) is 1. The summed E-state index contributed by atoms with van der Waals surface area (Å²) in [5, 5.41) is 8.89. The van der Waals surface area contributed by atoms with Crippen molar-refractivity contribution in [1.29, 1.82) is 0 Å². The normalized spacial score (nSPS) is 11.5. The van der Waals surface area contributed by atoms with Crippen LogP contribution in [0.4, 0.5) is 5.69 Å². The van der Waals surface area contributed by atoms with E-state index in [1.165, 1.54) is 0 Å². The number of rotatable bonds is 7. The van der Waals surface area contributed by atoms with Crippen LogP contribution in [-0.4, -0.2) is 39.0 Å². The van der Waals surface area contributed by atoms with Crippen LogP contribution in [0.1, 0.15) is 20.3 Å². The van der Waals surface area contributed by atoms with Gasteiger partial charge in [-0.3, -0.25) is 0 Å². The van der Waals surface area contributed by atoms with Crippen molar-refractivity contribution in [3.05, 3.63) is 24.3 Å². The van der Waals surface area contributed by atoms with Crippen molar-refractivity contribution in [3.63, 3.8) is 0 Å². The molecule has 4 nitrogen and oxygen atoms in total. The first kappa shape index (κ1) is 15.0. The molecule has 1 aromatic carbocycles. The van der Waals surface area contributed by atoms with E-state index in [0.29, 0.717) is 17.9 Å². The lowest BCUT2D eigenvalue weighted by Gasteiger charge is -2.25. The molecule has 18 heavy (non-hydrogen) atoms. The molecule has 0 unspecified atom stereocenters. The van der Waals surface area contributed by atoms with Crippen LogP contribution in [0.3, 0.4) is 0 Å². The Bertz CT molecular complexity index is 471. The smallest absolute Gasteiger partial charge is 0.180 e. The minimum Gasteiger partial charge on any atom is -0.396 e. The van der Waals surface area contributed by atoms with Crippen LogP contribution < -0.4 is 4.90 Å². The summed E-state index contributed by atoms with van der Waals surface area (Å²) in [7, 11) is -3.21. The monoisotopic (exact) mass is 271 g/mol. The van der Waals surface area contributed by atoms with Gasteiger partial charge in [0.05, 0.1) is 16.3 Å². The second-order valence-electron chi connectivity index (χ2n) is 4.03. The highest BCUT2D eigenvalue weighted by atomic mass is 32.2. The predicted molar refractivity (Wildman–Crippen MR) is 73.8 cm³/mol. The van der Waals surface area contributed by atoms with E-state index < -0.39 is 9.84 Å². The molecule has 0 fully saturated rings. The van der Waals surface area contributed by atoms with Gasteiger partial charge in [-0.2, -0.15) is 0 Å². The molecule has 0 saturated heterocycles.